The molecule has 0 radical (unpaired) electrons. The Kier molecular flexibility index (Phi) is 4.06. The molecule has 0 amide bonds. The van der Waals surface area contributed by atoms with Crippen molar-refractivity contribution in [1.82, 2.24) is 48.9 Å². The van der Waals surface area contributed by atoms with Crippen LogP contribution in [0.15, 0.2) is 67.8 Å². The lowest BCUT2D eigenvalue weighted by Crippen LogP contribution is -2.13. The van der Waals surface area contributed by atoms with Crippen LogP contribution in [0.25, 0.3) is 28.2 Å². The second-order valence-electron chi connectivity index (χ2n) is 6.87. The maximum Gasteiger partial charge on any atom is 0.228 e. The zero-order valence-electron chi connectivity index (χ0n) is 16.4. The van der Waals surface area contributed by atoms with Crippen molar-refractivity contribution in [2.45, 2.75) is 6.54 Å². The van der Waals surface area contributed by atoms with Gasteiger partial charge in [0.25, 0.3) is 0 Å². The summed E-state index contributed by atoms with van der Waals surface area (Å²) in [6, 6.07) is 6.74. The van der Waals surface area contributed by atoms with Crippen LogP contribution >= 0.6 is 0 Å². The minimum atomic E-state index is -0.406. The Morgan fingerprint density at radius 1 is 1.00 bits per heavy atom. The molecule has 12 heteroatoms. The van der Waals surface area contributed by atoms with Gasteiger partial charge in [-0.15, -0.1) is 5.10 Å². The fourth-order valence-corrected chi connectivity index (χ4v) is 3.51. The topological polar surface area (TPSA) is 116 Å². The molecule has 0 unspecified atom stereocenters. The molecule has 0 aliphatic rings. The van der Waals surface area contributed by atoms with Crippen LogP contribution in [0.3, 0.4) is 0 Å². The minimum Gasteiger partial charge on any atom is -0.348 e. The Hall–Kier alpha value is -4.74. The number of imidazole rings is 1. The molecule has 0 saturated carbocycles. The van der Waals surface area contributed by atoms with E-state index in [-0.39, 0.29) is 12.2 Å². The summed E-state index contributed by atoms with van der Waals surface area (Å²) in [6.45, 7) is 0.117. The summed E-state index contributed by atoms with van der Waals surface area (Å²) in [5.74, 6) is 0.448. The van der Waals surface area contributed by atoms with Gasteiger partial charge in [-0.2, -0.15) is 14.6 Å². The molecule has 0 saturated heterocycles. The normalized spacial score (nSPS) is 11.4. The van der Waals surface area contributed by atoms with Gasteiger partial charge in [0.2, 0.25) is 5.95 Å². The molecule has 6 aromatic heterocycles. The molecule has 0 aliphatic carbocycles. The summed E-state index contributed by atoms with van der Waals surface area (Å²) in [5.41, 5.74) is 3.18. The number of hydrogen-bond donors (Lipinski definition) is 1. The van der Waals surface area contributed by atoms with Crippen LogP contribution in [0.2, 0.25) is 0 Å². The predicted molar refractivity (Wildman–Crippen MR) is 111 cm³/mol. The van der Waals surface area contributed by atoms with Gasteiger partial charge in [0.05, 0.1) is 30.2 Å². The highest BCUT2D eigenvalue weighted by atomic mass is 19.1. The molecule has 1 N–H and O–H groups in total. The molecular formula is C20H14FN11. The maximum absolute atomic E-state index is 14.0. The fourth-order valence-electron chi connectivity index (χ4n) is 3.51. The molecule has 11 nitrogen and oxygen atoms in total. The van der Waals surface area contributed by atoms with Gasteiger partial charge in [0.1, 0.15) is 17.8 Å². The van der Waals surface area contributed by atoms with E-state index >= 15 is 0 Å². The molecule has 0 fully saturated rings. The van der Waals surface area contributed by atoms with E-state index in [2.05, 4.69) is 35.7 Å². The molecule has 0 aromatic carbocycles. The van der Waals surface area contributed by atoms with E-state index in [4.69, 9.17) is 4.98 Å². The number of rotatable bonds is 5. The number of hydrogen-bond acceptors (Lipinski definition) is 8. The lowest BCUT2D eigenvalue weighted by atomic mass is 10.1. The van der Waals surface area contributed by atoms with Gasteiger partial charge in [0, 0.05) is 30.4 Å². The van der Waals surface area contributed by atoms with E-state index in [1.165, 1.54) is 18.6 Å². The highest BCUT2D eigenvalue weighted by Gasteiger charge is 2.20. The van der Waals surface area contributed by atoms with Gasteiger partial charge < -0.3 is 9.72 Å². The van der Waals surface area contributed by atoms with Gasteiger partial charge >= 0.3 is 0 Å². The molecule has 32 heavy (non-hydrogen) atoms. The van der Waals surface area contributed by atoms with Crippen molar-refractivity contribution in [3.63, 3.8) is 0 Å². The van der Waals surface area contributed by atoms with E-state index in [9.17, 15) is 4.39 Å². The van der Waals surface area contributed by atoms with Crippen molar-refractivity contribution in [2.24, 2.45) is 0 Å². The van der Waals surface area contributed by atoms with Crippen molar-refractivity contribution in [3.8, 4) is 16.9 Å². The van der Waals surface area contributed by atoms with Gasteiger partial charge in [0.15, 0.2) is 11.5 Å². The zero-order chi connectivity index (χ0) is 21.5. The first-order chi connectivity index (χ1) is 15.8. The first kappa shape index (κ1) is 18.1. The SMILES string of the molecule is Fc1cccnc1CNc1nc(-n2ccnn2)c(-c2ccc3nccn3c2)c2ncnn12. The van der Waals surface area contributed by atoms with Gasteiger partial charge in [-0.25, -0.2) is 19.0 Å². The van der Waals surface area contributed by atoms with Crippen molar-refractivity contribution in [2.75, 3.05) is 5.32 Å². The Bertz CT molecular complexity index is 1550. The molecular weight excluding hydrogens is 413 g/mol. The summed E-state index contributed by atoms with van der Waals surface area (Å²) >= 11 is 0. The third-order valence-electron chi connectivity index (χ3n) is 4.97. The second-order valence-corrected chi connectivity index (χ2v) is 6.87. The quantitative estimate of drug-likeness (QED) is 0.445. The number of nitrogens with one attached hydrogen (secondary N) is 1. The van der Waals surface area contributed by atoms with Crippen LogP contribution in [0.5, 0.6) is 0 Å². The summed E-state index contributed by atoms with van der Waals surface area (Å²) in [7, 11) is 0. The van der Waals surface area contributed by atoms with Gasteiger partial charge in [-0.3, -0.25) is 4.98 Å². The number of halogens is 1. The lowest BCUT2D eigenvalue weighted by molar-refractivity contribution is 0.602. The molecule has 6 rings (SSSR count). The Labute approximate surface area is 179 Å². The van der Waals surface area contributed by atoms with Gasteiger partial charge in [-0.1, -0.05) is 5.21 Å². The lowest BCUT2D eigenvalue weighted by Gasteiger charge is -2.14. The Morgan fingerprint density at radius 2 is 1.97 bits per heavy atom. The smallest absolute Gasteiger partial charge is 0.228 e. The summed E-state index contributed by atoms with van der Waals surface area (Å²) in [5, 5.41) is 15.5. The van der Waals surface area contributed by atoms with E-state index in [0.717, 1.165) is 11.2 Å². The van der Waals surface area contributed by atoms with Crippen LogP contribution in [0.4, 0.5) is 10.3 Å². The molecule has 0 aliphatic heterocycles. The zero-order valence-corrected chi connectivity index (χ0v) is 16.4. The van der Waals surface area contributed by atoms with E-state index < -0.39 is 5.82 Å². The average molecular weight is 427 g/mol. The average Bonchev–Trinajstić information content (AvgIpc) is 3.59. The number of pyridine rings is 2. The van der Waals surface area contributed by atoms with Crippen LogP contribution < -0.4 is 5.32 Å². The second kappa shape index (κ2) is 7.19. The van der Waals surface area contributed by atoms with Crippen LogP contribution in [-0.4, -0.2) is 48.9 Å². The first-order valence-corrected chi connectivity index (χ1v) is 9.65. The number of nitrogens with zero attached hydrogens (tertiary/aromatic N) is 10. The number of aromatic nitrogens is 10. The van der Waals surface area contributed by atoms with Crippen molar-refractivity contribution in [1.29, 1.82) is 0 Å². The third-order valence-corrected chi connectivity index (χ3v) is 4.97. The van der Waals surface area contributed by atoms with E-state index in [0.29, 0.717) is 23.0 Å². The standard InChI is InChI=1S/C20H14FN11/c21-14-2-1-5-22-15(14)10-24-20-28-19(31-9-7-26-29-31)17(18-25-12-27-32(18)20)13-3-4-16-23-6-8-30(16)11-13/h1-9,11-12H,10H2,(H,24,28). The van der Waals surface area contributed by atoms with Crippen molar-refractivity contribution < 1.29 is 4.39 Å². The fraction of sp³-hybridized carbons (Fsp3) is 0.0500. The van der Waals surface area contributed by atoms with Gasteiger partial charge in [-0.05, 0) is 24.3 Å². The third kappa shape index (κ3) is 2.93. The molecule has 6 aromatic rings. The summed E-state index contributed by atoms with van der Waals surface area (Å²) in [4.78, 5) is 17.6. The van der Waals surface area contributed by atoms with Crippen molar-refractivity contribution >= 4 is 17.2 Å². The molecule has 0 spiro atoms. The maximum atomic E-state index is 14.0. The summed E-state index contributed by atoms with van der Waals surface area (Å²) < 4.78 is 19.1. The highest BCUT2D eigenvalue weighted by molar-refractivity contribution is 5.84. The van der Waals surface area contributed by atoms with Crippen LogP contribution in [-0.2, 0) is 6.54 Å². The Morgan fingerprint density at radius 3 is 2.84 bits per heavy atom. The molecule has 156 valence electrons. The van der Waals surface area contributed by atoms with Crippen molar-refractivity contribution in [3.05, 3.63) is 79.3 Å². The largest absolute Gasteiger partial charge is 0.348 e. The predicted octanol–water partition coefficient (Wildman–Crippen LogP) is 2.17. The number of fused-ring (bicyclic) bond motifs is 2. The molecule has 0 atom stereocenters. The van der Waals surface area contributed by atoms with Crippen LogP contribution in [0, 0.1) is 5.82 Å². The van der Waals surface area contributed by atoms with E-state index in [1.807, 2.05) is 28.9 Å². The number of anilines is 1. The highest BCUT2D eigenvalue weighted by Crippen LogP contribution is 2.30. The van der Waals surface area contributed by atoms with E-state index in [1.54, 1.807) is 33.9 Å². The monoisotopic (exact) mass is 427 g/mol. The molecule has 0 bridgehead atoms. The first-order valence-electron chi connectivity index (χ1n) is 9.65. The summed E-state index contributed by atoms with van der Waals surface area (Å²) in [6.07, 6.45) is 11.8. The van der Waals surface area contributed by atoms with Crippen LogP contribution in [0.1, 0.15) is 5.69 Å². The minimum absolute atomic E-state index is 0.117. The molecule has 6 heterocycles. The Balaban J connectivity index is 1.53.